The molecular weight excluding hydrogens is 388 g/mol. The summed E-state index contributed by atoms with van der Waals surface area (Å²) in [5, 5.41) is 17.9. The average Bonchev–Trinajstić information content (AvgIpc) is 3.27. The molecule has 0 amide bonds. The number of piperidine rings is 1. The fourth-order valence-electron chi connectivity index (χ4n) is 3.51. The molecule has 7 heteroatoms. The van der Waals surface area contributed by atoms with E-state index in [9.17, 15) is 9.90 Å². The van der Waals surface area contributed by atoms with Crippen LogP contribution in [0.5, 0.6) is 5.75 Å². The summed E-state index contributed by atoms with van der Waals surface area (Å²) < 4.78 is 10.5. The van der Waals surface area contributed by atoms with E-state index in [0.717, 1.165) is 44.8 Å². The Balaban J connectivity index is 1.32. The highest BCUT2D eigenvalue weighted by molar-refractivity contribution is 7.07. The molecule has 1 aromatic heterocycles. The number of likely N-dealkylation sites (tertiary alicyclic amines) is 1. The van der Waals surface area contributed by atoms with Crippen molar-refractivity contribution >= 4 is 17.3 Å². The monoisotopic (exact) mass is 418 g/mol. The number of thiophene rings is 1. The van der Waals surface area contributed by atoms with Gasteiger partial charge in [0.05, 0.1) is 13.0 Å². The van der Waals surface area contributed by atoms with Gasteiger partial charge in [-0.3, -0.25) is 4.79 Å². The largest absolute Gasteiger partial charge is 0.491 e. The Kier molecular flexibility index (Phi) is 8.49. The quantitative estimate of drug-likeness (QED) is 0.578. The van der Waals surface area contributed by atoms with Gasteiger partial charge in [-0.1, -0.05) is 12.1 Å². The van der Waals surface area contributed by atoms with Crippen LogP contribution in [0.3, 0.4) is 0 Å². The van der Waals surface area contributed by atoms with E-state index >= 15 is 0 Å². The third kappa shape index (κ3) is 7.12. The van der Waals surface area contributed by atoms with Gasteiger partial charge in [-0.25, -0.2) is 0 Å². The molecule has 1 atom stereocenters. The van der Waals surface area contributed by atoms with Crippen molar-refractivity contribution in [3.8, 4) is 5.75 Å². The summed E-state index contributed by atoms with van der Waals surface area (Å²) in [4.78, 5) is 13.8. The van der Waals surface area contributed by atoms with Crippen molar-refractivity contribution in [2.24, 2.45) is 5.92 Å². The van der Waals surface area contributed by atoms with Gasteiger partial charge in [0.1, 0.15) is 18.5 Å². The first-order valence-electron chi connectivity index (χ1n) is 10.1. The van der Waals surface area contributed by atoms with E-state index in [1.807, 2.05) is 24.3 Å². The fraction of sp³-hybridized carbons (Fsp3) is 0.500. The van der Waals surface area contributed by atoms with Crippen molar-refractivity contribution in [2.75, 3.05) is 33.4 Å². The van der Waals surface area contributed by atoms with Gasteiger partial charge in [0.15, 0.2) is 0 Å². The fourth-order valence-corrected chi connectivity index (χ4v) is 4.18. The predicted octanol–water partition coefficient (Wildman–Crippen LogP) is 2.66. The van der Waals surface area contributed by atoms with Crippen molar-refractivity contribution < 1.29 is 19.4 Å². The normalized spacial score (nSPS) is 16.5. The number of nitrogens with zero attached hydrogens (tertiary/aromatic N) is 1. The maximum absolute atomic E-state index is 11.6. The smallest absolute Gasteiger partial charge is 0.308 e. The number of ether oxygens (including phenoxy) is 2. The predicted molar refractivity (Wildman–Crippen MR) is 114 cm³/mol. The zero-order valence-electron chi connectivity index (χ0n) is 16.9. The van der Waals surface area contributed by atoms with Crippen molar-refractivity contribution in [2.45, 2.75) is 32.0 Å². The van der Waals surface area contributed by atoms with E-state index in [-0.39, 0.29) is 18.5 Å². The summed E-state index contributed by atoms with van der Waals surface area (Å²) in [6.45, 7) is 4.07. The van der Waals surface area contributed by atoms with E-state index in [1.165, 1.54) is 18.2 Å². The lowest BCUT2D eigenvalue weighted by Gasteiger charge is -2.31. The molecule has 1 fully saturated rings. The lowest BCUT2D eigenvalue weighted by Crippen LogP contribution is -2.42. The van der Waals surface area contributed by atoms with Crippen LogP contribution in [0.1, 0.15) is 24.0 Å². The number of hydrogen-bond donors (Lipinski definition) is 2. The zero-order chi connectivity index (χ0) is 20.5. The topological polar surface area (TPSA) is 71.0 Å². The van der Waals surface area contributed by atoms with Crippen LogP contribution in [0.25, 0.3) is 0 Å². The standard InChI is InChI=1S/C22H30N2O4S/c1-27-22(26)19-6-9-24(10-7-19)14-20(25)15-28-21-4-2-17(3-5-21)12-23-13-18-8-11-29-16-18/h2-5,8,11,16,19-20,23,25H,6-7,9-10,12-15H2,1H3. The molecule has 1 saturated heterocycles. The Bertz CT molecular complexity index is 728. The Morgan fingerprint density at radius 1 is 1.21 bits per heavy atom. The minimum atomic E-state index is -0.559. The van der Waals surface area contributed by atoms with Crippen LogP contribution < -0.4 is 10.1 Å². The Labute approximate surface area is 176 Å². The summed E-state index contributed by atoms with van der Waals surface area (Å²) in [5.41, 5.74) is 2.50. The van der Waals surface area contributed by atoms with Crippen LogP contribution in [0.2, 0.25) is 0 Å². The van der Waals surface area contributed by atoms with Gasteiger partial charge in [-0.2, -0.15) is 11.3 Å². The number of aliphatic hydroxyl groups is 1. The first-order valence-corrected chi connectivity index (χ1v) is 11.0. The molecule has 29 heavy (non-hydrogen) atoms. The number of benzene rings is 1. The number of carbonyl (C=O) groups is 1. The number of β-amino-alcohol motifs (C(OH)–C–C–N with tert-alkyl or cyclic N) is 1. The number of aliphatic hydroxyl groups excluding tert-OH is 1. The SMILES string of the molecule is COC(=O)C1CCN(CC(O)COc2ccc(CNCc3ccsc3)cc2)CC1. The summed E-state index contributed by atoms with van der Waals surface area (Å²) in [6, 6.07) is 10.1. The second kappa shape index (κ2) is 11.3. The minimum Gasteiger partial charge on any atom is -0.491 e. The van der Waals surface area contributed by atoms with E-state index in [2.05, 4.69) is 27.0 Å². The van der Waals surface area contributed by atoms with Crippen molar-refractivity contribution in [3.63, 3.8) is 0 Å². The van der Waals surface area contributed by atoms with Crippen LogP contribution in [0, 0.1) is 5.92 Å². The number of methoxy groups -OCH3 is 1. The number of nitrogens with one attached hydrogen (secondary N) is 1. The van der Waals surface area contributed by atoms with Crippen molar-refractivity contribution in [1.29, 1.82) is 0 Å². The van der Waals surface area contributed by atoms with Gasteiger partial charge in [0.25, 0.3) is 0 Å². The van der Waals surface area contributed by atoms with Crippen LogP contribution in [-0.2, 0) is 22.6 Å². The summed E-state index contributed by atoms with van der Waals surface area (Å²) in [5.74, 6) is 0.622. The van der Waals surface area contributed by atoms with Crippen LogP contribution in [0.4, 0.5) is 0 Å². The highest BCUT2D eigenvalue weighted by Crippen LogP contribution is 2.19. The van der Waals surface area contributed by atoms with Gasteiger partial charge in [0, 0.05) is 19.6 Å². The van der Waals surface area contributed by atoms with E-state index in [1.54, 1.807) is 11.3 Å². The lowest BCUT2D eigenvalue weighted by atomic mass is 9.97. The lowest BCUT2D eigenvalue weighted by molar-refractivity contribution is -0.147. The highest BCUT2D eigenvalue weighted by atomic mass is 32.1. The van der Waals surface area contributed by atoms with Gasteiger partial charge < -0.3 is 24.8 Å². The Morgan fingerprint density at radius 2 is 1.93 bits per heavy atom. The molecule has 1 aliphatic heterocycles. The van der Waals surface area contributed by atoms with Gasteiger partial charge in [0.2, 0.25) is 0 Å². The average molecular weight is 419 g/mol. The molecule has 2 aromatic rings. The minimum absolute atomic E-state index is 0.0112. The maximum Gasteiger partial charge on any atom is 0.308 e. The third-order valence-corrected chi connectivity index (χ3v) is 5.93. The molecule has 0 aliphatic carbocycles. The molecule has 6 nitrogen and oxygen atoms in total. The van der Waals surface area contributed by atoms with Crippen molar-refractivity contribution in [1.82, 2.24) is 10.2 Å². The molecule has 1 aliphatic rings. The molecule has 3 rings (SSSR count). The number of esters is 1. The third-order valence-electron chi connectivity index (χ3n) is 5.20. The highest BCUT2D eigenvalue weighted by Gasteiger charge is 2.26. The summed E-state index contributed by atoms with van der Waals surface area (Å²) in [7, 11) is 1.43. The van der Waals surface area contributed by atoms with Crippen molar-refractivity contribution in [3.05, 3.63) is 52.2 Å². The molecule has 0 radical (unpaired) electrons. The van der Waals surface area contributed by atoms with E-state index in [4.69, 9.17) is 9.47 Å². The van der Waals surface area contributed by atoms with Crippen LogP contribution >= 0.6 is 11.3 Å². The zero-order valence-corrected chi connectivity index (χ0v) is 17.7. The van der Waals surface area contributed by atoms with Crippen LogP contribution in [-0.4, -0.2) is 55.4 Å². The number of rotatable bonds is 10. The van der Waals surface area contributed by atoms with Crippen LogP contribution in [0.15, 0.2) is 41.1 Å². The first kappa shape index (κ1) is 21.8. The number of hydrogen-bond acceptors (Lipinski definition) is 7. The molecule has 0 saturated carbocycles. The number of carbonyl (C=O) groups excluding carboxylic acids is 1. The molecule has 0 spiro atoms. The summed E-state index contributed by atoms with van der Waals surface area (Å²) in [6.07, 6.45) is 1.00. The molecular formula is C22H30N2O4S. The molecule has 0 bridgehead atoms. The summed E-state index contributed by atoms with van der Waals surface area (Å²) >= 11 is 1.71. The van der Waals surface area contributed by atoms with E-state index < -0.39 is 6.10 Å². The molecule has 1 unspecified atom stereocenters. The molecule has 158 valence electrons. The molecule has 1 aromatic carbocycles. The first-order chi connectivity index (χ1) is 14.1. The van der Waals surface area contributed by atoms with E-state index in [0.29, 0.717) is 6.54 Å². The van der Waals surface area contributed by atoms with Gasteiger partial charge in [-0.15, -0.1) is 0 Å². The maximum atomic E-state index is 11.6. The second-order valence-electron chi connectivity index (χ2n) is 7.44. The Hall–Kier alpha value is -1.93. The molecule has 2 N–H and O–H groups in total. The van der Waals surface area contributed by atoms with Gasteiger partial charge >= 0.3 is 5.97 Å². The molecule has 2 heterocycles. The second-order valence-corrected chi connectivity index (χ2v) is 8.22. The Morgan fingerprint density at radius 3 is 2.59 bits per heavy atom. The van der Waals surface area contributed by atoms with Gasteiger partial charge in [-0.05, 0) is 66.0 Å².